The number of likely N-dealkylation sites (N-methyl/N-ethyl adjacent to an activating group) is 1. The topological polar surface area (TPSA) is 41.6 Å². The van der Waals surface area contributed by atoms with Crippen LogP contribution >= 0.6 is 0 Å². The van der Waals surface area contributed by atoms with Crippen LogP contribution in [-0.2, 0) is 17.8 Å². The molecule has 2 rings (SSSR count). The zero-order valence-electron chi connectivity index (χ0n) is 14.3. The van der Waals surface area contributed by atoms with Gasteiger partial charge >= 0.3 is 6.61 Å². The van der Waals surface area contributed by atoms with E-state index in [1.165, 1.54) is 12.1 Å². The van der Waals surface area contributed by atoms with Crippen LogP contribution < -0.4 is 10.1 Å². The number of carbonyl (C=O) groups is 1. The van der Waals surface area contributed by atoms with Crippen LogP contribution in [0, 0.1) is 0 Å². The maximum Gasteiger partial charge on any atom is 0.387 e. The Morgan fingerprint density at radius 2 is 1.88 bits per heavy atom. The summed E-state index contributed by atoms with van der Waals surface area (Å²) in [4.78, 5) is 14.0. The normalized spacial score (nSPS) is 11.0. The van der Waals surface area contributed by atoms with Gasteiger partial charge < -0.3 is 10.1 Å². The summed E-state index contributed by atoms with van der Waals surface area (Å²) in [5, 5.41) is 2.88. The molecule has 134 valence electrons. The van der Waals surface area contributed by atoms with E-state index in [1.54, 1.807) is 12.1 Å². The van der Waals surface area contributed by atoms with Gasteiger partial charge in [-0.05, 0) is 48.9 Å². The summed E-state index contributed by atoms with van der Waals surface area (Å²) in [7, 11) is 1.83. The van der Waals surface area contributed by atoms with E-state index in [9.17, 15) is 13.6 Å². The van der Waals surface area contributed by atoms with Gasteiger partial charge in [-0.3, -0.25) is 9.69 Å². The first-order valence-electron chi connectivity index (χ1n) is 8.07. The largest absolute Gasteiger partial charge is 0.435 e. The highest BCUT2D eigenvalue weighted by molar-refractivity contribution is 5.92. The van der Waals surface area contributed by atoms with E-state index in [0.717, 1.165) is 23.2 Å². The van der Waals surface area contributed by atoms with Gasteiger partial charge in [0.25, 0.3) is 0 Å². The second kappa shape index (κ2) is 9.13. The van der Waals surface area contributed by atoms with Crippen molar-refractivity contribution in [1.82, 2.24) is 4.90 Å². The molecule has 0 aliphatic rings. The van der Waals surface area contributed by atoms with Gasteiger partial charge in [-0.2, -0.15) is 8.78 Å². The molecule has 0 unspecified atom stereocenters. The molecule has 25 heavy (non-hydrogen) atoms. The van der Waals surface area contributed by atoms with E-state index in [1.807, 2.05) is 36.2 Å². The zero-order valence-corrected chi connectivity index (χ0v) is 14.3. The molecule has 0 saturated heterocycles. The standard InChI is InChI=1S/C19H22F2N2O2/c1-3-14-5-4-6-16(11-14)22-18(24)13-23(2)12-15-7-9-17(10-8-15)25-19(20)21/h4-11,19H,3,12-13H2,1-2H3,(H,22,24). The van der Waals surface area contributed by atoms with Gasteiger partial charge in [-0.1, -0.05) is 31.2 Å². The van der Waals surface area contributed by atoms with Gasteiger partial charge in [0.15, 0.2) is 0 Å². The molecule has 2 aromatic carbocycles. The number of aryl methyl sites for hydroxylation is 1. The fraction of sp³-hybridized carbons (Fsp3) is 0.316. The molecule has 0 atom stereocenters. The molecule has 0 bridgehead atoms. The number of anilines is 1. The Bertz CT molecular complexity index is 690. The number of ether oxygens (including phenoxy) is 1. The molecule has 0 aliphatic carbocycles. The van der Waals surface area contributed by atoms with Crippen molar-refractivity contribution in [3.8, 4) is 5.75 Å². The second-order valence-corrected chi connectivity index (χ2v) is 5.80. The van der Waals surface area contributed by atoms with E-state index in [0.29, 0.717) is 6.54 Å². The number of nitrogens with zero attached hydrogens (tertiary/aromatic N) is 1. The second-order valence-electron chi connectivity index (χ2n) is 5.80. The van der Waals surface area contributed by atoms with Crippen molar-refractivity contribution in [2.45, 2.75) is 26.5 Å². The van der Waals surface area contributed by atoms with Crippen LogP contribution in [0.4, 0.5) is 14.5 Å². The minimum absolute atomic E-state index is 0.103. The molecule has 0 heterocycles. The van der Waals surface area contributed by atoms with Crippen LogP contribution in [0.25, 0.3) is 0 Å². The highest BCUT2D eigenvalue weighted by Crippen LogP contribution is 2.16. The quantitative estimate of drug-likeness (QED) is 0.786. The molecule has 0 fully saturated rings. The Morgan fingerprint density at radius 3 is 2.52 bits per heavy atom. The summed E-state index contributed by atoms with van der Waals surface area (Å²) < 4.78 is 28.6. The van der Waals surface area contributed by atoms with Crippen LogP contribution in [0.1, 0.15) is 18.1 Å². The number of nitrogens with one attached hydrogen (secondary N) is 1. The predicted octanol–water partition coefficient (Wildman–Crippen LogP) is 3.92. The number of benzene rings is 2. The number of hydrogen-bond acceptors (Lipinski definition) is 3. The molecule has 6 heteroatoms. The van der Waals surface area contributed by atoms with Crippen LogP contribution in [0.5, 0.6) is 5.75 Å². The fourth-order valence-corrected chi connectivity index (χ4v) is 2.46. The summed E-state index contributed by atoms with van der Waals surface area (Å²) >= 11 is 0. The number of carbonyl (C=O) groups excluding carboxylic acids is 1. The Labute approximate surface area is 146 Å². The lowest BCUT2D eigenvalue weighted by Gasteiger charge is -2.17. The third-order valence-electron chi connectivity index (χ3n) is 3.63. The maximum atomic E-state index is 12.1. The van der Waals surface area contributed by atoms with Crippen molar-refractivity contribution in [3.63, 3.8) is 0 Å². The maximum absolute atomic E-state index is 12.1. The molecule has 1 amide bonds. The van der Waals surface area contributed by atoms with Crippen LogP contribution in [0.2, 0.25) is 0 Å². The zero-order chi connectivity index (χ0) is 18.2. The Balaban J connectivity index is 1.84. The Kier molecular flexibility index (Phi) is 6.89. The monoisotopic (exact) mass is 348 g/mol. The molecule has 0 aliphatic heterocycles. The summed E-state index contributed by atoms with van der Waals surface area (Å²) in [6, 6.07) is 14.1. The Morgan fingerprint density at radius 1 is 1.16 bits per heavy atom. The molecule has 0 spiro atoms. The van der Waals surface area contributed by atoms with Crippen LogP contribution in [0.3, 0.4) is 0 Å². The number of amides is 1. The van der Waals surface area contributed by atoms with Gasteiger partial charge in [-0.15, -0.1) is 0 Å². The number of halogens is 2. The van der Waals surface area contributed by atoms with E-state index in [4.69, 9.17) is 0 Å². The van der Waals surface area contributed by atoms with Crippen molar-refractivity contribution >= 4 is 11.6 Å². The van der Waals surface area contributed by atoms with Gasteiger partial charge in [0, 0.05) is 12.2 Å². The van der Waals surface area contributed by atoms with Crippen molar-refractivity contribution < 1.29 is 18.3 Å². The average molecular weight is 348 g/mol. The molecule has 2 aromatic rings. The number of alkyl halides is 2. The molecule has 0 saturated carbocycles. The highest BCUT2D eigenvalue weighted by atomic mass is 19.3. The van der Waals surface area contributed by atoms with Crippen molar-refractivity contribution in [1.29, 1.82) is 0 Å². The van der Waals surface area contributed by atoms with Crippen LogP contribution in [0.15, 0.2) is 48.5 Å². The first kappa shape index (κ1) is 18.9. The lowest BCUT2D eigenvalue weighted by Crippen LogP contribution is -2.29. The first-order chi connectivity index (χ1) is 12.0. The Hall–Kier alpha value is -2.47. The third kappa shape index (κ3) is 6.51. The van der Waals surface area contributed by atoms with Crippen LogP contribution in [-0.4, -0.2) is 31.0 Å². The summed E-state index contributed by atoms with van der Waals surface area (Å²) in [5.74, 6) is 0.0170. The number of rotatable bonds is 8. The summed E-state index contributed by atoms with van der Waals surface area (Å²) in [6.45, 7) is -0.0153. The SMILES string of the molecule is CCc1cccc(NC(=O)CN(C)Cc2ccc(OC(F)F)cc2)c1. The van der Waals surface area contributed by atoms with Gasteiger partial charge in [0.1, 0.15) is 5.75 Å². The highest BCUT2D eigenvalue weighted by Gasteiger charge is 2.09. The summed E-state index contributed by atoms with van der Waals surface area (Å²) in [5.41, 5.74) is 2.86. The smallest absolute Gasteiger partial charge is 0.387 e. The van der Waals surface area contributed by atoms with E-state index < -0.39 is 6.61 Å². The van der Waals surface area contributed by atoms with Crippen molar-refractivity contribution in [2.75, 3.05) is 18.9 Å². The van der Waals surface area contributed by atoms with Gasteiger partial charge in [0.05, 0.1) is 6.54 Å². The molecule has 1 N–H and O–H groups in total. The third-order valence-corrected chi connectivity index (χ3v) is 3.63. The molecule has 0 radical (unpaired) electrons. The van der Waals surface area contributed by atoms with Crippen molar-refractivity contribution in [3.05, 3.63) is 59.7 Å². The minimum atomic E-state index is -2.83. The molecule has 0 aromatic heterocycles. The first-order valence-corrected chi connectivity index (χ1v) is 8.07. The molecule has 4 nitrogen and oxygen atoms in total. The van der Waals surface area contributed by atoms with E-state index in [2.05, 4.69) is 17.0 Å². The predicted molar refractivity (Wildman–Crippen MR) is 93.9 cm³/mol. The van der Waals surface area contributed by atoms with Gasteiger partial charge in [0.2, 0.25) is 5.91 Å². The lowest BCUT2D eigenvalue weighted by molar-refractivity contribution is -0.117. The molecular formula is C19H22F2N2O2. The van der Waals surface area contributed by atoms with E-state index >= 15 is 0 Å². The summed E-state index contributed by atoms with van der Waals surface area (Å²) in [6.07, 6.45) is 0.912. The van der Waals surface area contributed by atoms with Crippen molar-refractivity contribution in [2.24, 2.45) is 0 Å². The number of hydrogen-bond donors (Lipinski definition) is 1. The fourth-order valence-electron chi connectivity index (χ4n) is 2.46. The lowest BCUT2D eigenvalue weighted by atomic mass is 10.1. The minimum Gasteiger partial charge on any atom is -0.435 e. The average Bonchev–Trinajstić information content (AvgIpc) is 2.56. The van der Waals surface area contributed by atoms with Gasteiger partial charge in [-0.25, -0.2) is 0 Å². The molecular weight excluding hydrogens is 326 g/mol. The van der Waals surface area contributed by atoms with E-state index in [-0.39, 0.29) is 18.2 Å².